The Hall–Kier alpha value is -2.32. The second-order valence-electron chi connectivity index (χ2n) is 23.8. The van der Waals surface area contributed by atoms with E-state index in [2.05, 4.69) is 92.1 Å². The predicted molar refractivity (Wildman–Crippen MR) is 346 cm³/mol. The van der Waals surface area contributed by atoms with E-state index in [0.29, 0.717) is 17.4 Å². The molecule has 0 aromatic heterocycles. The van der Waals surface area contributed by atoms with Gasteiger partial charge in [0.2, 0.25) is 5.91 Å². The van der Waals surface area contributed by atoms with Gasteiger partial charge in [0, 0.05) is 6.42 Å². The standard InChI is InChI=1S/C70H129N2O6P/c1-6-8-10-12-14-16-18-20-22-24-26-28-30-32-33-34-35-36-37-38-39-40-42-44-46-48-50-52-54-56-58-60-62-64-70(74)71-68(67-78-79(75,76)77-66-65-72(3,4)5)69(73)63-61-59-57-55-53-51-49-47-45-43-41-31-29-27-25-23-21-19-17-15-13-11-9-7-2/h8,10,14,16,20,22,26,28,32-33,35-36,61,63,68-69,73H,6-7,9,11-13,15,17-19,21,23-25,27,29-31,34,37-60,62,64-67H2,1-5H3,(H-,71,74,75,76)/p+1/b10-8-,16-14-,22-20-,28-26-,33-32-,36-35-,63-61+. The summed E-state index contributed by atoms with van der Waals surface area (Å²) in [5.41, 5.74) is 0. The Bertz CT molecular complexity index is 1560. The summed E-state index contributed by atoms with van der Waals surface area (Å²) in [5, 5.41) is 14.0. The van der Waals surface area contributed by atoms with Gasteiger partial charge in [-0.15, -0.1) is 0 Å². The van der Waals surface area contributed by atoms with Crippen LogP contribution in [0.4, 0.5) is 0 Å². The highest BCUT2D eigenvalue weighted by Gasteiger charge is 2.28. The zero-order valence-corrected chi connectivity index (χ0v) is 53.5. The predicted octanol–water partition coefficient (Wildman–Crippen LogP) is 21.2. The Morgan fingerprint density at radius 3 is 1.11 bits per heavy atom. The van der Waals surface area contributed by atoms with Crippen molar-refractivity contribution in [1.29, 1.82) is 0 Å². The van der Waals surface area contributed by atoms with Gasteiger partial charge in [-0.3, -0.25) is 13.8 Å². The van der Waals surface area contributed by atoms with Gasteiger partial charge in [-0.25, -0.2) is 4.57 Å². The van der Waals surface area contributed by atoms with Crippen LogP contribution in [0.25, 0.3) is 0 Å². The molecule has 3 atom stereocenters. The van der Waals surface area contributed by atoms with Crippen molar-refractivity contribution in [2.45, 2.75) is 315 Å². The number of carbonyl (C=O) groups excluding carboxylic acids is 1. The summed E-state index contributed by atoms with van der Waals surface area (Å²) in [6.45, 7) is 4.73. The van der Waals surface area contributed by atoms with Crippen LogP contribution in [0.15, 0.2) is 85.1 Å². The molecule has 460 valence electrons. The van der Waals surface area contributed by atoms with E-state index < -0.39 is 20.0 Å². The monoisotopic (exact) mass is 1130 g/mol. The molecule has 0 aliphatic heterocycles. The summed E-state index contributed by atoms with van der Waals surface area (Å²) in [7, 11) is 1.57. The summed E-state index contributed by atoms with van der Waals surface area (Å²) in [6.07, 6.45) is 85.7. The van der Waals surface area contributed by atoms with E-state index in [1.54, 1.807) is 6.08 Å². The van der Waals surface area contributed by atoms with Crippen LogP contribution in [0.3, 0.4) is 0 Å². The average molecular weight is 1130 g/mol. The van der Waals surface area contributed by atoms with Crippen LogP contribution < -0.4 is 5.32 Å². The topological polar surface area (TPSA) is 105 Å². The number of quaternary nitrogens is 1. The quantitative estimate of drug-likeness (QED) is 0.0243. The van der Waals surface area contributed by atoms with E-state index in [1.165, 1.54) is 205 Å². The van der Waals surface area contributed by atoms with Gasteiger partial charge in [-0.2, -0.15) is 0 Å². The molecule has 9 heteroatoms. The molecule has 1 amide bonds. The van der Waals surface area contributed by atoms with Crippen LogP contribution in [0, 0.1) is 0 Å². The Labute approximate surface area is 490 Å². The number of phosphoric acid groups is 1. The molecule has 0 fully saturated rings. The molecule has 0 spiro atoms. The fourth-order valence-corrected chi connectivity index (χ4v) is 10.4. The summed E-state index contributed by atoms with van der Waals surface area (Å²) in [6, 6.07) is -0.852. The Morgan fingerprint density at radius 1 is 0.443 bits per heavy atom. The lowest BCUT2D eigenvalue weighted by Gasteiger charge is -2.25. The first-order valence-corrected chi connectivity index (χ1v) is 35.0. The van der Waals surface area contributed by atoms with Crippen molar-refractivity contribution in [3.63, 3.8) is 0 Å². The minimum absolute atomic E-state index is 0.0596. The van der Waals surface area contributed by atoms with Crippen molar-refractivity contribution in [2.24, 2.45) is 0 Å². The molecule has 79 heavy (non-hydrogen) atoms. The van der Waals surface area contributed by atoms with E-state index >= 15 is 0 Å². The van der Waals surface area contributed by atoms with Gasteiger partial charge < -0.3 is 19.8 Å². The van der Waals surface area contributed by atoms with Crippen LogP contribution in [-0.2, 0) is 18.4 Å². The highest BCUT2D eigenvalue weighted by molar-refractivity contribution is 7.47. The number of carbonyl (C=O) groups is 1. The first-order chi connectivity index (χ1) is 38.5. The van der Waals surface area contributed by atoms with Crippen LogP contribution in [-0.4, -0.2) is 73.4 Å². The minimum atomic E-state index is -4.36. The minimum Gasteiger partial charge on any atom is -0.387 e. The molecule has 0 rings (SSSR count). The molecular weight excluding hydrogens is 996 g/mol. The maximum Gasteiger partial charge on any atom is 0.472 e. The number of aliphatic hydroxyl groups is 1. The Kier molecular flexibility index (Phi) is 58.5. The molecular formula is C70H130N2O6P+. The molecule has 0 aromatic carbocycles. The van der Waals surface area contributed by atoms with Crippen LogP contribution >= 0.6 is 7.82 Å². The summed E-state index contributed by atoms with van der Waals surface area (Å²) in [4.78, 5) is 23.4. The third-order valence-corrected chi connectivity index (χ3v) is 15.9. The third kappa shape index (κ3) is 63.1. The molecule has 0 bridgehead atoms. The Morgan fingerprint density at radius 2 is 0.759 bits per heavy atom. The summed E-state index contributed by atoms with van der Waals surface area (Å²) < 4.78 is 23.8. The number of likely N-dealkylation sites (N-methyl/N-ethyl adjacent to an activating group) is 1. The van der Waals surface area contributed by atoms with Crippen molar-refractivity contribution in [3.8, 4) is 0 Å². The van der Waals surface area contributed by atoms with Crippen LogP contribution in [0.1, 0.15) is 303 Å². The number of unbranched alkanes of at least 4 members (excludes halogenated alkanes) is 36. The number of amides is 1. The number of allylic oxidation sites excluding steroid dienone is 13. The number of hydrogen-bond acceptors (Lipinski definition) is 5. The summed E-state index contributed by atoms with van der Waals surface area (Å²) >= 11 is 0. The fraction of sp³-hybridized carbons (Fsp3) is 0.786. The second-order valence-corrected chi connectivity index (χ2v) is 25.3. The lowest BCUT2D eigenvalue weighted by Crippen LogP contribution is -2.45. The number of nitrogens with zero attached hydrogens (tertiary/aromatic N) is 1. The zero-order chi connectivity index (χ0) is 57.7. The van der Waals surface area contributed by atoms with Gasteiger partial charge in [-0.1, -0.05) is 311 Å². The summed E-state index contributed by atoms with van der Waals surface area (Å²) in [5.74, 6) is -0.177. The lowest BCUT2D eigenvalue weighted by molar-refractivity contribution is -0.870. The number of phosphoric ester groups is 1. The average Bonchev–Trinajstić information content (AvgIpc) is 3.42. The van der Waals surface area contributed by atoms with E-state index in [0.717, 1.165) is 77.0 Å². The van der Waals surface area contributed by atoms with Crippen LogP contribution in [0.2, 0.25) is 0 Å². The highest BCUT2D eigenvalue weighted by Crippen LogP contribution is 2.43. The second kappa shape index (κ2) is 60.3. The van der Waals surface area contributed by atoms with E-state index in [9.17, 15) is 19.4 Å². The van der Waals surface area contributed by atoms with Gasteiger partial charge in [0.15, 0.2) is 0 Å². The normalized spacial score (nSPS) is 14.3. The molecule has 3 unspecified atom stereocenters. The van der Waals surface area contributed by atoms with Crippen molar-refractivity contribution in [2.75, 3.05) is 40.9 Å². The van der Waals surface area contributed by atoms with Gasteiger partial charge in [0.1, 0.15) is 13.2 Å². The number of hydrogen-bond donors (Lipinski definition) is 3. The Balaban J connectivity index is 4.11. The maximum atomic E-state index is 13.0. The molecule has 0 heterocycles. The van der Waals surface area contributed by atoms with E-state index in [1.807, 2.05) is 27.2 Å². The number of aliphatic hydroxyl groups excluding tert-OH is 1. The van der Waals surface area contributed by atoms with Crippen molar-refractivity contribution in [1.82, 2.24) is 5.32 Å². The van der Waals surface area contributed by atoms with Crippen molar-refractivity contribution < 1.29 is 32.9 Å². The number of rotatable bonds is 61. The smallest absolute Gasteiger partial charge is 0.387 e. The van der Waals surface area contributed by atoms with E-state index in [4.69, 9.17) is 9.05 Å². The maximum absolute atomic E-state index is 13.0. The molecule has 0 aliphatic rings. The molecule has 0 radical (unpaired) electrons. The molecule has 0 aliphatic carbocycles. The third-order valence-electron chi connectivity index (χ3n) is 14.9. The molecule has 0 saturated heterocycles. The van der Waals surface area contributed by atoms with Gasteiger partial charge in [0.25, 0.3) is 0 Å². The van der Waals surface area contributed by atoms with Crippen molar-refractivity contribution in [3.05, 3.63) is 85.1 Å². The van der Waals surface area contributed by atoms with Gasteiger partial charge >= 0.3 is 7.82 Å². The fourth-order valence-electron chi connectivity index (χ4n) is 9.70. The highest BCUT2D eigenvalue weighted by atomic mass is 31.2. The molecule has 0 aromatic rings. The molecule has 0 saturated carbocycles. The zero-order valence-electron chi connectivity index (χ0n) is 52.6. The number of nitrogens with one attached hydrogen (secondary N) is 1. The molecule has 8 nitrogen and oxygen atoms in total. The van der Waals surface area contributed by atoms with E-state index in [-0.39, 0.29) is 19.1 Å². The molecule has 3 N–H and O–H groups in total. The lowest BCUT2D eigenvalue weighted by atomic mass is 10.0. The van der Waals surface area contributed by atoms with Gasteiger partial charge in [0.05, 0.1) is 39.9 Å². The first kappa shape index (κ1) is 76.7. The van der Waals surface area contributed by atoms with Gasteiger partial charge in [-0.05, 0) is 70.6 Å². The van der Waals surface area contributed by atoms with Crippen LogP contribution in [0.5, 0.6) is 0 Å². The SMILES string of the molecule is CC/C=C\C/C=C\C/C=C\C/C=C\C/C=C\C/C=C\CCCCCCCCCCCCCCCCC(=O)NC(COP(=O)(O)OCC[N+](C)(C)C)C(O)/C=C/CCCCCCCCCCCCCCCCCCCCCCCC. The largest absolute Gasteiger partial charge is 0.472 e. The first-order valence-electron chi connectivity index (χ1n) is 33.5. The van der Waals surface area contributed by atoms with Crippen molar-refractivity contribution >= 4 is 13.7 Å².